The molecule has 116 valence electrons. The van der Waals surface area contributed by atoms with Gasteiger partial charge in [-0.25, -0.2) is 9.97 Å². The van der Waals surface area contributed by atoms with Crippen LogP contribution in [0.4, 0.5) is 5.82 Å². The number of phenolic OH excluding ortho intramolecular Hbond substituents is 1. The minimum Gasteiger partial charge on any atom is -0.508 e. The van der Waals surface area contributed by atoms with Crippen molar-refractivity contribution in [3.63, 3.8) is 0 Å². The van der Waals surface area contributed by atoms with E-state index < -0.39 is 0 Å². The largest absolute Gasteiger partial charge is 0.508 e. The first kappa shape index (κ1) is 14.8. The number of aromatic hydroxyl groups is 1. The van der Waals surface area contributed by atoms with Gasteiger partial charge in [0, 0.05) is 25.1 Å². The molecular formula is C17H21N3O2. The molecule has 1 atom stereocenters. The number of nitrogens with one attached hydrogen (secondary N) is 1. The van der Waals surface area contributed by atoms with E-state index in [1.807, 2.05) is 25.1 Å². The molecule has 0 radical (unpaired) electrons. The summed E-state index contributed by atoms with van der Waals surface area (Å²) in [6.07, 6.45) is 1.91. The molecule has 3 rings (SSSR count). The van der Waals surface area contributed by atoms with Gasteiger partial charge in [0.25, 0.3) is 0 Å². The average Bonchev–Trinajstić information content (AvgIpc) is 3.03. The second kappa shape index (κ2) is 6.75. The minimum absolute atomic E-state index is 0.298. The maximum atomic E-state index is 9.28. The molecule has 0 unspecified atom stereocenters. The summed E-state index contributed by atoms with van der Waals surface area (Å²) in [7, 11) is 0. The van der Waals surface area contributed by atoms with E-state index >= 15 is 0 Å². The van der Waals surface area contributed by atoms with Gasteiger partial charge in [-0.05, 0) is 37.5 Å². The molecule has 1 aromatic carbocycles. The molecule has 5 heteroatoms. The zero-order valence-electron chi connectivity index (χ0n) is 12.7. The molecule has 1 aromatic heterocycles. The Labute approximate surface area is 130 Å². The number of phenols is 1. The molecule has 2 N–H and O–H groups in total. The zero-order chi connectivity index (χ0) is 15.4. The van der Waals surface area contributed by atoms with Crippen LogP contribution in [-0.4, -0.2) is 34.8 Å². The number of hydrogen-bond donors (Lipinski definition) is 2. The zero-order valence-corrected chi connectivity index (χ0v) is 12.7. The molecule has 1 saturated heterocycles. The molecule has 0 spiro atoms. The van der Waals surface area contributed by atoms with Crippen molar-refractivity contribution in [2.24, 2.45) is 0 Å². The molecule has 1 aliphatic heterocycles. The Balaban J connectivity index is 1.61. The lowest BCUT2D eigenvalue weighted by Crippen LogP contribution is -2.10. The molecule has 2 heterocycles. The molecule has 0 bridgehead atoms. The summed E-state index contributed by atoms with van der Waals surface area (Å²) >= 11 is 0. The fraction of sp³-hybridized carbons (Fsp3) is 0.412. The van der Waals surface area contributed by atoms with Gasteiger partial charge >= 0.3 is 0 Å². The van der Waals surface area contributed by atoms with Crippen molar-refractivity contribution >= 4 is 5.82 Å². The molecule has 5 nitrogen and oxygen atoms in total. The number of aryl methyl sites for hydroxylation is 1. The molecule has 1 fully saturated rings. The van der Waals surface area contributed by atoms with Crippen molar-refractivity contribution in [1.29, 1.82) is 0 Å². The fourth-order valence-electron chi connectivity index (χ4n) is 2.66. The Morgan fingerprint density at radius 2 is 2.09 bits per heavy atom. The van der Waals surface area contributed by atoms with Crippen LogP contribution >= 0.6 is 0 Å². The van der Waals surface area contributed by atoms with Crippen molar-refractivity contribution in [3.8, 4) is 5.75 Å². The Morgan fingerprint density at radius 3 is 2.82 bits per heavy atom. The van der Waals surface area contributed by atoms with Gasteiger partial charge in [-0.1, -0.05) is 12.1 Å². The van der Waals surface area contributed by atoms with Gasteiger partial charge in [-0.2, -0.15) is 0 Å². The van der Waals surface area contributed by atoms with E-state index in [0.29, 0.717) is 11.7 Å². The van der Waals surface area contributed by atoms with Gasteiger partial charge < -0.3 is 15.2 Å². The standard InChI is InChI=1S/C17H21N3O2/c1-12-19-16(14-7-9-22-11-14)10-17(20-12)18-8-6-13-2-4-15(21)5-3-13/h2-5,10,14,21H,6-9,11H2,1H3,(H,18,19,20)/t14-/m1/s1. The van der Waals surface area contributed by atoms with E-state index in [4.69, 9.17) is 4.74 Å². The topological polar surface area (TPSA) is 67.3 Å². The highest BCUT2D eigenvalue weighted by Crippen LogP contribution is 2.25. The number of benzene rings is 1. The van der Waals surface area contributed by atoms with Gasteiger partial charge in [0.15, 0.2) is 0 Å². The SMILES string of the molecule is Cc1nc(NCCc2ccc(O)cc2)cc([C@@H]2CCOC2)n1. The molecule has 0 amide bonds. The van der Waals surface area contributed by atoms with Crippen LogP contribution in [0, 0.1) is 6.92 Å². The van der Waals surface area contributed by atoms with E-state index in [0.717, 1.165) is 49.9 Å². The number of anilines is 1. The molecular weight excluding hydrogens is 278 g/mol. The van der Waals surface area contributed by atoms with Crippen molar-refractivity contribution in [3.05, 3.63) is 47.4 Å². The average molecular weight is 299 g/mol. The highest BCUT2D eigenvalue weighted by atomic mass is 16.5. The summed E-state index contributed by atoms with van der Waals surface area (Å²) < 4.78 is 5.44. The van der Waals surface area contributed by atoms with Crippen molar-refractivity contribution in [2.75, 3.05) is 25.1 Å². The first-order valence-electron chi connectivity index (χ1n) is 7.66. The first-order valence-corrected chi connectivity index (χ1v) is 7.66. The summed E-state index contributed by atoms with van der Waals surface area (Å²) in [4.78, 5) is 8.98. The summed E-state index contributed by atoms with van der Waals surface area (Å²) in [5, 5.41) is 12.6. The number of aromatic nitrogens is 2. The van der Waals surface area contributed by atoms with E-state index in [-0.39, 0.29) is 0 Å². The second-order valence-corrected chi connectivity index (χ2v) is 5.63. The highest BCUT2D eigenvalue weighted by molar-refractivity contribution is 5.37. The fourth-order valence-corrected chi connectivity index (χ4v) is 2.66. The third-order valence-corrected chi connectivity index (χ3v) is 3.86. The highest BCUT2D eigenvalue weighted by Gasteiger charge is 2.20. The number of rotatable bonds is 5. The minimum atomic E-state index is 0.298. The van der Waals surface area contributed by atoms with Crippen LogP contribution < -0.4 is 5.32 Å². The molecule has 2 aromatic rings. The van der Waals surface area contributed by atoms with E-state index in [9.17, 15) is 5.11 Å². The van der Waals surface area contributed by atoms with E-state index in [1.165, 1.54) is 5.56 Å². The van der Waals surface area contributed by atoms with Gasteiger partial charge in [0.05, 0.1) is 12.3 Å². The lowest BCUT2D eigenvalue weighted by molar-refractivity contribution is 0.193. The Kier molecular flexibility index (Phi) is 4.53. The van der Waals surface area contributed by atoms with Crippen LogP contribution in [0.5, 0.6) is 5.75 Å². The van der Waals surface area contributed by atoms with Crippen molar-refractivity contribution in [1.82, 2.24) is 9.97 Å². The number of nitrogens with zero attached hydrogens (tertiary/aromatic N) is 2. The molecule has 22 heavy (non-hydrogen) atoms. The Morgan fingerprint density at radius 1 is 1.27 bits per heavy atom. The van der Waals surface area contributed by atoms with Crippen LogP contribution in [-0.2, 0) is 11.2 Å². The molecule has 0 saturated carbocycles. The second-order valence-electron chi connectivity index (χ2n) is 5.63. The summed E-state index contributed by atoms with van der Waals surface area (Å²) in [6, 6.07) is 9.32. The van der Waals surface area contributed by atoms with Crippen LogP contribution in [0.3, 0.4) is 0 Å². The molecule has 1 aliphatic rings. The maximum absolute atomic E-state index is 9.28. The van der Waals surface area contributed by atoms with Gasteiger partial charge in [0.2, 0.25) is 0 Å². The molecule has 0 aliphatic carbocycles. The van der Waals surface area contributed by atoms with E-state index in [1.54, 1.807) is 12.1 Å². The Bertz CT molecular complexity index is 622. The maximum Gasteiger partial charge on any atom is 0.129 e. The van der Waals surface area contributed by atoms with Crippen molar-refractivity contribution < 1.29 is 9.84 Å². The predicted octanol–water partition coefficient (Wildman–Crippen LogP) is 2.65. The lowest BCUT2D eigenvalue weighted by atomic mass is 10.0. The quantitative estimate of drug-likeness (QED) is 0.888. The monoisotopic (exact) mass is 299 g/mol. The van der Waals surface area contributed by atoms with Crippen LogP contribution in [0.25, 0.3) is 0 Å². The smallest absolute Gasteiger partial charge is 0.129 e. The van der Waals surface area contributed by atoms with Crippen molar-refractivity contribution in [2.45, 2.75) is 25.7 Å². The summed E-state index contributed by atoms with van der Waals surface area (Å²) in [5.41, 5.74) is 2.25. The first-order chi connectivity index (χ1) is 10.7. The van der Waals surface area contributed by atoms with Gasteiger partial charge in [-0.15, -0.1) is 0 Å². The third kappa shape index (κ3) is 3.74. The number of ether oxygens (including phenoxy) is 1. The summed E-state index contributed by atoms with van der Waals surface area (Å²) in [6.45, 7) is 4.28. The Hall–Kier alpha value is -2.14. The van der Waals surface area contributed by atoms with Gasteiger partial charge in [0.1, 0.15) is 17.4 Å². The van der Waals surface area contributed by atoms with Gasteiger partial charge in [-0.3, -0.25) is 0 Å². The third-order valence-electron chi connectivity index (χ3n) is 3.86. The van der Waals surface area contributed by atoms with Crippen LogP contribution in [0.2, 0.25) is 0 Å². The van der Waals surface area contributed by atoms with E-state index in [2.05, 4.69) is 15.3 Å². The predicted molar refractivity (Wildman–Crippen MR) is 85.2 cm³/mol. The normalized spacial score (nSPS) is 17.6. The van der Waals surface area contributed by atoms with Crippen LogP contribution in [0.15, 0.2) is 30.3 Å². The lowest BCUT2D eigenvalue weighted by Gasteiger charge is -2.11. The van der Waals surface area contributed by atoms with Crippen LogP contribution in [0.1, 0.15) is 29.4 Å². The summed E-state index contributed by atoms with van der Waals surface area (Å²) in [5.74, 6) is 2.34. The number of hydrogen-bond acceptors (Lipinski definition) is 5.